The number of nitrogens with zero attached hydrogens (tertiary/aromatic N) is 2. The van der Waals surface area contributed by atoms with Crippen molar-refractivity contribution in [3.8, 4) is 22.4 Å². The van der Waals surface area contributed by atoms with E-state index in [2.05, 4.69) is 65.4 Å². The summed E-state index contributed by atoms with van der Waals surface area (Å²) in [7, 11) is 0. The Kier molecular flexibility index (Phi) is 3.73. The van der Waals surface area contributed by atoms with Crippen LogP contribution < -0.4 is 5.73 Å². The van der Waals surface area contributed by atoms with Gasteiger partial charge in [0.2, 0.25) is 0 Å². The van der Waals surface area contributed by atoms with Crippen LogP contribution in [-0.2, 0) is 0 Å². The van der Waals surface area contributed by atoms with Crippen molar-refractivity contribution in [2.45, 2.75) is 19.8 Å². The third-order valence-electron chi connectivity index (χ3n) is 4.49. The van der Waals surface area contributed by atoms with E-state index in [1.807, 2.05) is 18.3 Å². The molecule has 2 aromatic carbocycles. The molecule has 2 aromatic heterocycles. The van der Waals surface area contributed by atoms with Gasteiger partial charge in [-0.2, -0.15) is 5.10 Å². The molecule has 0 spiro atoms. The zero-order valence-electron chi connectivity index (χ0n) is 14.3. The fourth-order valence-corrected chi connectivity index (χ4v) is 3.09. The van der Waals surface area contributed by atoms with Crippen LogP contribution >= 0.6 is 0 Å². The normalized spacial score (nSPS) is 11.3. The number of fused-ring (bicyclic) bond motifs is 1. The third-order valence-corrected chi connectivity index (χ3v) is 4.49. The number of pyridine rings is 1. The van der Waals surface area contributed by atoms with Gasteiger partial charge >= 0.3 is 0 Å². The number of aromatic nitrogens is 3. The second-order valence-electron chi connectivity index (χ2n) is 6.62. The van der Waals surface area contributed by atoms with Gasteiger partial charge in [0, 0.05) is 16.5 Å². The predicted molar refractivity (Wildman–Crippen MR) is 103 cm³/mol. The van der Waals surface area contributed by atoms with E-state index >= 15 is 0 Å². The molecule has 0 radical (unpaired) electrons. The van der Waals surface area contributed by atoms with Crippen LogP contribution in [-0.4, -0.2) is 15.2 Å². The summed E-state index contributed by atoms with van der Waals surface area (Å²) < 4.78 is 0. The molecule has 0 fully saturated rings. The molecular formula is C21H20N4. The Labute approximate surface area is 146 Å². The van der Waals surface area contributed by atoms with Crippen molar-refractivity contribution in [3.63, 3.8) is 0 Å². The Bertz CT molecular complexity index is 1050. The van der Waals surface area contributed by atoms with E-state index in [4.69, 9.17) is 5.73 Å². The summed E-state index contributed by atoms with van der Waals surface area (Å²) in [5.41, 5.74) is 13.2. The number of nitrogens with two attached hydrogens (primary N) is 1. The Morgan fingerprint density at radius 3 is 2.68 bits per heavy atom. The minimum atomic E-state index is 0.472. The van der Waals surface area contributed by atoms with Gasteiger partial charge in [0.05, 0.1) is 29.3 Å². The van der Waals surface area contributed by atoms with E-state index in [9.17, 15) is 0 Å². The molecular weight excluding hydrogens is 308 g/mol. The number of nitrogen functional groups attached to an aromatic ring is 1. The summed E-state index contributed by atoms with van der Waals surface area (Å²) >= 11 is 0. The molecule has 0 aliphatic carbocycles. The zero-order chi connectivity index (χ0) is 17.4. The molecule has 0 unspecified atom stereocenters. The van der Waals surface area contributed by atoms with Crippen LogP contribution in [0.1, 0.15) is 25.3 Å². The summed E-state index contributed by atoms with van der Waals surface area (Å²) in [5.74, 6) is 0.472. The molecule has 0 aliphatic rings. The SMILES string of the molecule is CC(C)c1cccc(-c2ncc(N)cc2-c2ccc3[nH]ncc3c2)c1. The molecule has 0 saturated heterocycles. The molecule has 4 nitrogen and oxygen atoms in total. The maximum Gasteiger partial charge on any atom is 0.0782 e. The van der Waals surface area contributed by atoms with Crippen molar-refractivity contribution in [2.24, 2.45) is 0 Å². The third kappa shape index (κ3) is 2.87. The summed E-state index contributed by atoms with van der Waals surface area (Å²) in [4.78, 5) is 4.64. The first-order chi connectivity index (χ1) is 12.1. The Morgan fingerprint density at radius 2 is 1.84 bits per heavy atom. The lowest BCUT2D eigenvalue weighted by Crippen LogP contribution is -1.95. The van der Waals surface area contributed by atoms with Crippen molar-refractivity contribution in [1.29, 1.82) is 0 Å². The van der Waals surface area contributed by atoms with Gasteiger partial charge in [-0.05, 0) is 41.3 Å². The second-order valence-corrected chi connectivity index (χ2v) is 6.62. The number of aromatic amines is 1. The van der Waals surface area contributed by atoms with Crippen LogP contribution in [0, 0.1) is 0 Å². The minimum Gasteiger partial charge on any atom is -0.397 e. The molecule has 124 valence electrons. The summed E-state index contributed by atoms with van der Waals surface area (Å²) in [6, 6.07) is 16.8. The first-order valence-electron chi connectivity index (χ1n) is 8.41. The molecule has 25 heavy (non-hydrogen) atoms. The smallest absolute Gasteiger partial charge is 0.0782 e. The topological polar surface area (TPSA) is 67.6 Å². The van der Waals surface area contributed by atoms with E-state index < -0.39 is 0 Å². The molecule has 4 heteroatoms. The fraction of sp³-hybridized carbons (Fsp3) is 0.143. The quantitative estimate of drug-likeness (QED) is 0.556. The van der Waals surface area contributed by atoms with E-state index in [1.54, 1.807) is 6.20 Å². The van der Waals surface area contributed by atoms with E-state index in [0.717, 1.165) is 33.3 Å². The second kappa shape index (κ2) is 6.06. The predicted octanol–water partition coefficient (Wildman–Crippen LogP) is 5.00. The largest absolute Gasteiger partial charge is 0.397 e. The monoisotopic (exact) mass is 328 g/mol. The molecule has 0 amide bonds. The van der Waals surface area contributed by atoms with E-state index in [-0.39, 0.29) is 0 Å². The van der Waals surface area contributed by atoms with Crippen LogP contribution in [0.15, 0.2) is 60.9 Å². The lowest BCUT2D eigenvalue weighted by molar-refractivity contribution is 0.867. The van der Waals surface area contributed by atoms with Gasteiger partial charge in [0.1, 0.15) is 0 Å². The molecule has 0 bridgehead atoms. The highest BCUT2D eigenvalue weighted by molar-refractivity contribution is 5.89. The van der Waals surface area contributed by atoms with Gasteiger partial charge in [-0.3, -0.25) is 10.1 Å². The molecule has 4 aromatic rings. The van der Waals surface area contributed by atoms with Crippen LogP contribution in [0.5, 0.6) is 0 Å². The molecule has 0 saturated carbocycles. The summed E-state index contributed by atoms with van der Waals surface area (Å²) in [5, 5.41) is 8.16. The van der Waals surface area contributed by atoms with E-state index in [0.29, 0.717) is 11.6 Å². The average Bonchev–Trinajstić information content (AvgIpc) is 3.09. The van der Waals surface area contributed by atoms with Crippen LogP contribution in [0.4, 0.5) is 5.69 Å². The Hall–Kier alpha value is -3.14. The standard InChI is InChI=1S/C21H20N4/c1-13(2)14-4-3-5-16(8-14)21-19(10-18(22)12-23-21)15-6-7-20-17(9-15)11-24-25-20/h3-13H,22H2,1-2H3,(H,24,25). The summed E-state index contributed by atoms with van der Waals surface area (Å²) in [6.45, 7) is 4.40. The zero-order valence-corrected chi connectivity index (χ0v) is 14.3. The number of nitrogens with one attached hydrogen (secondary N) is 1. The van der Waals surface area contributed by atoms with Crippen LogP contribution in [0.2, 0.25) is 0 Å². The number of H-pyrrole nitrogens is 1. The van der Waals surface area contributed by atoms with E-state index in [1.165, 1.54) is 5.56 Å². The lowest BCUT2D eigenvalue weighted by atomic mass is 9.95. The summed E-state index contributed by atoms with van der Waals surface area (Å²) in [6.07, 6.45) is 3.55. The molecule has 2 heterocycles. The Morgan fingerprint density at radius 1 is 0.960 bits per heavy atom. The number of rotatable bonds is 3. The van der Waals surface area contributed by atoms with Gasteiger partial charge < -0.3 is 5.73 Å². The number of hydrogen-bond donors (Lipinski definition) is 2. The van der Waals surface area contributed by atoms with Gasteiger partial charge in [-0.15, -0.1) is 0 Å². The highest BCUT2D eigenvalue weighted by atomic mass is 15.1. The number of hydrogen-bond acceptors (Lipinski definition) is 3. The number of benzene rings is 2. The molecule has 3 N–H and O–H groups in total. The number of anilines is 1. The van der Waals surface area contributed by atoms with Gasteiger partial charge in [-0.1, -0.05) is 38.1 Å². The van der Waals surface area contributed by atoms with Gasteiger partial charge in [0.25, 0.3) is 0 Å². The first-order valence-corrected chi connectivity index (χ1v) is 8.41. The maximum atomic E-state index is 6.03. The molecule has 0 atom stereocenters. The van der Waals surface area contributed by atoms with Crippen molar-refractivity contribution in [2.75, 3.05) is 5.73 Å². The van der Waals surface area contributed by atoms with Crippen LogP contribution in [0.3, 0.4) is 0 Å². The van der Waals surface area contributed by atoms with Gasteiger partial charge in [0.15, 0.2) is 0 Å². The highest BCUT2D eigenvalue weighted by Gasteiger charge is 2.12. The first kappa shape index (κ1) is 15.4. The fourth-order valence-electron chi connectivity index (χ4n) is 3.09. The Balaban J connectivity index is 1.91. The van der Waals surface area contributed by atoms with Crippen molar-refractivity contribution in [3.05, 3.63) is 66.5 Å². The van der Waals surface area contributed by atoms with Crippen molar-refractivity contribution >= 4 is 16.6 Å². The lowest BCUT2D eigenvalue weighted by Gasteiger charge is -2.13. The highest BCUT2D eigenvalue weighted by Crippen LogP contribution is 2.34. The van der Waals surface area contributed by atoms with Gasteiger partial charge in [-0.25, -0.2) is 0 Å². The average molecular weight is 328 g/mol. The van der Waals surface area contributed by atoms with Crippen molar-refractivity contribution < 1.29 is 0 Å². The minimum absolute atomic E-state index is 0.472. The molecule has 4 rings (SSSR count). The van der Waals surface area contributed by atoms with Crippen molar-refractivity contribution in [1.82, 2.24) is 15.2 Å². The molecule has 0 aliphatic heterocycles. The maximum absolute atomic E-state index is 6.03. The van der Waals surface area contributed by atoms with Crippen LogP contribution in [0.25, 0.3) is 33.3 Å².